The van der Waals surface area contributed by atoms with E-state index in [4.69, 9.17) is 0 Å². The van der Waals surface area contributed by atoms with Crippen LogP contribution in [0.1, 0.15) is 4.88 Å². The fourth-order valence-corrected chi connectivity index (χ4v) is 3.51. The van der Waals surface area contributed by atoms with Crippen molar-refractivity contribution in [1.82, 2.24) is 14.8 Å². The quantitative estimate of drug-likeness (QED) is 0.703. The van der Waals surface area contributed by atoms with Crippen LogP contribution >= 0.6 is 23.1 Å². The normalized spacial score (nSPS) is 10.8. The molecule has 1 amide bonds. The van der Waals surface area contributed by atoms with Crippen LogP contribution in [0.4, 0.5) is 10.1 Å². The second-order valence-corrected chi connectivity index (χ2v) is 7.21. The SMILES string of the molecule is Cc1cc(-c2nnc(SCC(=O)Nc3ccc(F)cc3)n2C)cs1. The second kappa shape index (κ2) is 7.14. The van der Waals surface area contributed by atoms with Gasteiger partial charge in [0.05, 0.1) is 5.75 Å². The van der Waals surface area contributed by atoms with Crippen LogP contribution in [0.3, 0.4) is 0 Å². The maximum absolute atomic E-state index is 12.8. The molecule has 2 aromatic heterocycles. The van der Waals surface area contributed by atoms with Gasteiger partial charge in [-0.2, -0.15) is 0 Å². The summed E-state index contributed by atoms with van der Waals surface area (Å²) < 4.78 is 14.7. The number of thiophene rings is 1. The summed E-state index contributed by atoms with van der Waals surface area (Å²) in [5.41, 5.74) is 1.59. The van der Waals surface area contributed by atoms with E-state index in [1.807, 2.05) is 23.9 Å². The van der Waals surface area contributed by atoms with E-state index in [0.29, 0.717) is 10.8 Å². The van der Waals surface area contributed by atoms with Crippen LogP contribution < -0.4 is 5.32 Å². The molecule has 1 aromatic carbocycles. The molecule has 0 fully saturated rings. The maximum Gasteiger partial charge on any atom is 0.234 e. The van der Waals surface area contributed by atoms with Crippen molar-refractivity contribution in [1.29, 1.82) is 0 Å². The molecule has 0 radical (unpaired) electrons. The first-order valence-electron chi connectivity index (χ1n) is 7.16. The first-order chi connectivity index (χ1) is 11.5. The number of thioether (sulfide) groups is 1. The Balaban J connectivity index is 1.61. The van der Waals surface area contributed by atoms with Crippen molar-refractivity contribution < 1.29 is 9.18 Å². The van der Waals surface area contributed by atoms with Gasteiger partial charge in [-0.1, -0.05) is 11.8 Å². The van der Waals surface area contributed by atoms with Gasteiger partial charge in [0, 0.05) is 28.6 Å². The lowest BCUT2D eigenvalue weighted by Gasteiger charge is -2.05. The zero-order valence-electron chi connectivity index (χ0n) is 13.1. The number of aryl methyl sites for hydroxylation is 1. The zero-order chi connectivity index (χ0) is 17.1. The molecular weight excluding hydrogens is 347 g/mol. The van der Waals surface area contributed by atoms with Crippen LogP contribution in [-0.4, -0.2) is 26.4 Å². The van der Waals surface area contributed by atoms with E-state index in [0.717, 1.165) is 11.4 Å². The van der Waals surface area contributed by atoms with Gasteiger partial charge in [0.1, 0.15) is 5.82 Å². The van der Waals surface area contributed by atoms with Gasteiger partial charge in [-0.15, -0.1) is 21.5 Å². The molecule has 1 N–H and O–H groups in total. The first-order valence-corrected chi connectivity index (χ1v) is 9.02. The van der Waals surface area contributed by atoms with Crippen molar-refractivity contribution in [2.45, 2.75) is 12.1 Å². The third-order valence-electron chi connectivity index (χ3n) is 3.28. The molecule has 8 heteroatoms. The highest BCUT2D eigenvalue weighted by Gasteiger charge is 2.13. The Morgan fingerprint density at radius 1 is 1.33 bits per heavy atom. The first kappa shape index (κ1) is 16.7. The number of rotatable bonds is 5. The fourth-order valence-electron chi connectivity index (χ4n) is 2.11. The topological polar surface area (TPSA) is 59.8 Å². The summed E-state index contributed by atoms with van der Waals surface area (Å²) in [6.45, 7) is 2.04. The van der Waals surface area contributed by atoms with Gasteiger partial charge in [0.25, 0.3) is 0 Å². The van der Waals surface area contributed by atoms with Crippen molar-refractivity contribution in [2.24, 2.45) is 7.05 Å². The second-order valence-electron chi connectivity index (χ2n) is 5.15. The van der Waals surface area contributed by atoms with E-state index in [-0.39, 0.29) is 17.5 Å². The molecule has 0 saturated carbocycles. The van der Waals surface area contributed by atoms with Crippen LogP contribution in [0.25, 0.3) is 11.4 Å². The Labute approximate surface area is 146 Å². The highest BCUT2D eigenvalue weighted by atomic mass is 32.2. The van der Waals surface area contributed by atoms with Crippen molar-refractivity contribution in [3.8, 4) is 11.4 Å². The lowest BCUT2D eigenvalue weighted by Crippen LogP contribution is -2.14. The van der Waals surface area contributed by atoms with Crippen molar-refractivity contribution in [3.63, 3.8) is 0 Å². The van der Waals surface area contributed by atoms with Crippen LogP contribution in [0.5, 0.6) is 0 Å². The Morgan fingerprint density at radius 2 is 2.08 bits per heavy atom. The van der Waals surface area contributed by atoms with Crippen molar-refractivity contribution in [2.75, 3.05) is 11.1 Å². The minimum absolute atomic E-state index is 0.178. The summed E-state index contributed by atoms with van der Waals surface area (Å²) in [6.07, 6.45) is 0. The fraction of sp³-hybridized carbons (Fsp3) is 0.188. The van der Waals surface area contributed by atoms with E-state index >= 15 is 0 Å². The molecule has 0 bridgehead atoms. The number of nitrogens with one attached hydrogen (secondary N) is 1. The van der Waals surface area contributed by atoms with Gasteiger partial charge in [0.15, 0.2) is 11.0 Å². The summed E-state index contributed by atoms with van der Waals surface area (Å²) in [5.74, 6) is 0.465. The Bertz CT molecular complexity index is 857. The van der Waals surface area contributed by atoms with E-state index in [9.17, 15) is 9.18 Å². The number of hydrogen-bond acceptors (Lipinski definition) is 5. The summed E-state index contributed by atoms with van der Waals surface area (Å²) in [5, 5.41) is 13.8. The third kappa shape index (κ3) is 3.82. The standard InChI is InChI=1S/C16H15FN4OS2/c1-10-7-11(8-23-10)15-19-20-16(21(15)2)24-9-14(22)18-13-5-3-12(17)4-6-13/h3-8H,9H2,1-2H3,(H,18,22). The molecule has 0 unspecified atom stereocenters. The summed E-state index contributed by atoms with van der Waals surface area (Å²) >= 11 is 2.97. The average molecular weight is 362 g/mol. The molecular formula is C16H15FN4OS2. The molecule has 3 rings (SSSR count). The van der Waals surface area contributed by atoms with Crippen LogP contribution in [0.2, 0.25) is 0 Å². The highest BCUT2D eigenvalue weighted by Crippen LogP contribution is 2.26. The lowest BCUT2D eigenvalue weighted by molar-refractivity contribution is -0.113. The number of nitrogens with zero attached hydrogens (tertiary/aromatic N) is 3. The van der Waals surface area contributed by atoms with E-state index < -0.39 is 0 Å². The number of halogens is 1. The number of amides is 1. The van der Waals surface area contributed by atoms with Crippen LogP contribution in [0.15, 0.2) is 40.9 Å². The van der Waals surface area contributed by atoms with Gasteiger partial charge in [-0.05, 0) is 37.3 Å². The predicted octanol–water partition coefficient (Wildman–Crippen LogP) is 3.72. The highest BCUT2D eigenvalue weighted by molar-refractivity contribution is 7.99. The molecule has 2 heterocycles. The van der Waals surface area contributed by atoms with Crippen LogP contribution in [0, 0.1) is 12.7 Å². The molecule has 5 nitrogen and oxygen atoms in total. The van der Waals surface area contributed by atoms with E-state index in [1.165, 1.54) is 40.9 Å². The summed E-state index contributed by atoms with van der Waals surface area (Å²) in [6, 6.07) is 7.72. The summed E-state index contributed by atoms with van der Waals surface area (Å²) in [4.78, 5) is 13.2. The molecule has 0 saturated heterocycles. The molecule has 124 valence electrons. The zero-order valence-corrected chi connectivity index (χ0v) is 14.7. The van der Waals surface area contributed by atoms with Crippen LogP contribution in [-0.2, 0) is 11.8 Å². The minimum Gasteiger partial charge on any atom is -0.325 e. The van der Waals surface area contributed by atoms with E-state index in [2.05, 4.69) is 21.6 Å². The number of hydrogen-bond donors (Lipinski definition) is 1. The number of anilines is 1. The largest absolute Gasteiger partial charge is 0.325 e. The Morgan fingerprint density at radius 3 is 2.75 bits per heavy atom. The third-order valence-corrected chi connectivity index (χ3v) is 5.17. The van der Waals surface area contributed by atoms with Gasteiger partial charge >= 0.3 is 0 Å². The predicted molar refractivity (Wildman–Crippen MR) is 94.8 cm³/mol. The molecule has 0 aliphatic heterocycles. The van der Waals surface area contributed by atoms with Crippen molar-refractivity contribution in [3.05, 3.63) is 46.4 Å². The molecule has 3 aromatic rings. The Hall–Kier alpha value is -2.19. The number of carbonyl (C=O) groups excluding carboxylic acids is 1. The van der Waals surface area contributed by atoms with Gasteiger partial charge < -0.3 is 9.88 Å². The van der Waals surface area contributed by atoms with Gasteiger partial charge in [-0.25, -0.2) is 4.39 Å². The molecule has 0 aliphatic carbocycles. The van der Waals surface area contributed by atoms with Gasteiger partial charge in [0.2, 0.25) is 5.91 Å². The van der Waals surface area contributed by atoms with Gasteiger partial charge in [-0.3, -0.25) is 4.79 Å². The molecule has 0 atom stereocenters. The number of benzene rings is 1. The molecule has 24 heavy (non-hydrogen) atoms. The Kier molecular flexibility index (Phi) is 4.96. The minimum atomic E-state index is -0.336. The number of aromatic nitrogens is 3. The number of carbonyl (C=O) groups is 1. The monoisotopic (exact) mass is 362 g/mol. The molecule has 0 spiro atoms. The average Bonchev–Trinajstić information content (AvgIpc) is 3.13. The summed E-state index contributed by atoms with van der Waals surface area (Å²) in [7, 11) is 1.88. The smallest absolute Gasteiger partial charge is 0.234 e. The van der Waals surface area contributed by atoms with Crippen molar-refractivity contribution >= 4 is 34.7 Å². The lowest BCUT2D eigenvalue weighted by atomic mass is 10.3. The van der Waals surface area contributed by atoms with E-state index in [1.54, 1.807) is 11.3 Å². The molecule has 0 aliphatic rings. The maximum atomic E-state index is 12.8.